The normalized spacial score (nSPS) is 30.3. The minimum absolute atomic E-state index is 0.118. The zero-order valence-electron chi connectivity index (χ0n) is 15.4. The van der Waals surface area contributed by atoms with Gasteiger partial charge in [-0.15, -0.1) is 0 Å². The number of Topliss-reactive ketones (excluding diaryl/α,β-unsaturated/α-hetero) is 1. The Morgan fingerprint density at radius 3 is 2.30 bits per heavy atom. The summed E-state index contributed by atoms with van der Waals surface area (Å²) in [5.41, 5.74) is 8.05. The predicted octanol–water partition coefficient (Wildman–Crippen LogP) is 3.29. The molecule has 4 rings (SSSR count). The van der Waals surface area contributed by atoms with Crippen LogP contribution < -0.4 is 5.73 Å². The number of oxime groups is 1. The minimum Gasteiger partial charge on any atom is -0.383 e. The van der Waals surface area contributed by atoms with Crippen molar-refractivity contribution in [2.24, 2.45) is 22.2 Å². The molecule has 138 valence electrons. The van der Waals surface area contributed by atoms with Crippen molar-refractivity contribution in [3.05, 3.63) is 71.3 Å². The SMILES string of the molecule is Cc1ccc(C2CC(=O)C(C)C(c3ccccc3)C23C(=O)ON=C3N)cc1. The van der Waals surface area contributed by atoms with E-state index in [9.17, 15) is 9.59 Å². The molecule has 0 amide bonds. The Morgan fingerprint density at radius 2 is 1.70 bits per heavy atom. The van der Waals surface area contributed by atoms with E-state index in [0.717, 1.165) is 16.7 Å². The van der Waals surface area contributed by atoms with E-state index in [1.165, 1.54) is 0 Å². The van der Waals surface area contributed by atoms with Gasteiger partial charge in [0.15, 0.2) is 5.84 Å². The number of hydrogen-bond acceptors (Lipinski definition) is 5. The van der Waals surface area contributed by atoms with Gasteiger partial charge >= 0.3 is 5.97 Å². The van der Waals surface area contributed by atoms with Gasteiger partial charge in [-0.1, -0.05) is 72.2 Å². The smallest absolute Gasteiger partial charge is 0.350 e. The first kappa shape index (κ1) is 17.5. The summed E-state index contributed by atoms with van der Waals surface area (Å²) in [6, 6.07) is 17.5. The molecule has 1 fully saturated rings. The van der Waals surface area contributed by atoms with E-state index < -0.39 is 23.2 Å². The van der Waals surface area contributed by atoms with Gasteiger partial charge in [0.2, 0.25) is 0 Å². The highest BCUT2D eigenvalue weighted by atomic mass is 16.7. The van der Waals surface area contributed by atoms with Crippen LogP contribution in [0.3, 0.4) is 0 Å². The average molecular weight is 362 g/mol. The molecule has 2 aromatic carbocycles. The Bertz CT molecular complexity index is 920. The maximum absolute atomic E-state index is 13.1. The van der Waals surface area contributed by atoms with Gasteiger partial charge < -0.3 is 10.6 Å². The molecule has 0 aromatic heterocycles. The predicted molar refractivity (Wildman–Crippen MR) is 102 cm³/mol. The minimum atomic E-state index is -1.18. The second-order valence-corrected chi connectivity index (χ2v) is 7.54. The molecule has 0 radical (unpaired) electrons. The zero-order chi connectivity index (χ0) is 19.2. The van der Waals surface area contributed by atoms with Gasteiger partial charge in [0.05, 0.1) is 0 Å². The number of carbonyl (C=O) groups excluding carboxylic acids is 2. The first-order chi connectivity index (χ1) is 13.0. The van der Waals surface area contributed by atoms with E-state index in [-0.39, 0.29) is 24.0 Å². The van der Waals surface area contributed by atoms with E-state index in [2.05, 4.69) is 5.16 Å². The first-order valence-corrected chi connectivity index (χ1v) is 9.16. The summed E-state index contributed by atoms with van der Waals surface area (Å²) in [7, 11) is 0. The van der Waals surface area contributed by atoms with Crippen molar-refractivity contribution in [1.29, 1.82) is 0 Å². The van der Waals surface area contributed by atoms with Crippen LogP contribution in [0.5, 0.6) is 0 Å². The van der Waals surface area contributed by atoms with Crippen molar-refractivity contribution >= 4 is 17.6 Å². The fourth-order valence-electron chi connectivity index (χ4n) is 4.69. The van der Waals surface area contributed by atoms with Crippen LogP contribution in [-0.4, -0.2) is 17.6 Å². The molecule has 1 heterocycles. The third kappa shape index (κ3) is 2.49. The summed E-state index contributed by atoms with van der Waals surface area (Å²) in [6.07, 6.45) is 0.235. The number of hydrogen-bond donors (Lipinski definition) is 1. The molecular weight excluding hydrogens is 340 g/mol. The average Bonchev–Trinajstić information content (AvgIpc) is 2.96. The van der Waals surface area contributed by atoms with Crippen LogP contribution in [-0.2, 0) is 14.4 Å². The number of amidine groups is 1. The van der Waals surface area contributed by atoms with Gasteiger partial charge in [-0.2, -0.15) is 0 Å². The van der Waals surface area contributed by atoms with Crippen LogP contribution in [0, 0.1) is 18.3 Å². The zero-order valence-corrected chi connectivity index (χ0v) is 15.4. The van der Waals surface area contributed by atoms with Crippen LogP contribution in [0.15, 0.2) is 59.8 Å². The number of nitrogens with two attached hydrogens (primary N) is 1. The molecule has 0 saturated heterocycles. The van der Waals surface area contributed by atoms with E-state index in [1.54, 1.807) is 0 Å². The lowest BCUT2D eigenvalue weighted by Crippen LogP contribution is -2.55. The van der Waals surface area contributed by atoms with Crippen molar-refractivity contribution in [3.63, 3.8) is 0 Å². The van der Waals surface area contributed by atoms with E-state index in [0.29, 0.717) is 0 Å². The highest BCUT2D eigenvalue weighted by Gasteiger charge is 2.65. The quantitative estimate of drug-likeness (QED) is 0.831. The van der Waals surface area contributed by atoms with Crippen molar-refractivity contribution in [1.82, 2.24) is 0 Å². The second-order valence-electron chi connectivity index (χ2n) is 7.54. The van der Waals surface area contributed by atoms with Crippen molar-refractivity contribution in [2.75, 3.05) is 0 Å². The van der Waals surface area contributed by atoms with Gasteiger partial charge in [-0.3, -0.25) is 4.79 Å². The molecule has 2 N–H and O–H groups in total. The fraction of sp³-hybridized carbons (Fsp3) is 0.318. The second kappa shape index (κ2) is 6.34. The molecule has 1 aliphatic carbocycles. The lowest BCUT2D eigenvalue weighted by molar-refractivity contribution is -0.153. The Labute approximate surface area is 158 Å². The molecule has 1 spiro atoms. The number of benzene rings is 2. The summed E-state index contributed by atoms with van der Waals surface area (Å²) < 4.78 is 0. The van der Waals surface area contributed by atoms with Gasteiger partial charge in [0.25, 0.3) is 0 Å². The number of aryl methyl sites for hydroxylation is 1. The van der Waals surface area contributed by atoms with Crippen LogP contribution in [0.1, 0.15) is 41.9 Å². The number of carbonyl (C=O) groups is 2. The third-order valence-electron chi connectivity index (χ3n) is 6.08. The number of rotatable bonds is 2. The topological polar surface area (TPSA) is 81.8 Å². The maximum atomic E-state index is 13.1. The summed E-state index contributed by atoms with van der Waals surface area (Å²) in [6.45, 7) is 3.87. The highest BCUT2D eigenvalue weighted by Crippen LogP contribution is 2.58. The molecule has 5 nitrogen and oxygen atoms in total. The molecule has 4 atom stereocenters. The van der Waals surface area contributed by atoms with E-state index in [1.807, 2.05) is 68.4 Å². The summed E-state index contributed by atoms with van der Waals surface area (Å²) >= 11 is 0. The summed E-state index contributed by atoms with van der Waals surface area (Å²) in [5, 5.41) is 3.86. The van der Waals surface area contributed by atoms with Gasteiger partial charge in [-0.05, 0) is 18.1 Å². The van der Waals surface area contributed by atoms with E-state index in [4.69, 9.17) is 10.6 Å². The van der Waals surface area contributed by atoms with E-state index >= 15 is 0 Å². The standard InChI is InChI=1S/C22H22N2O3/c1-13-8-10-15(11-9-13)17-12-18(25)14(2)19(16-6-4-3-5-7-16)22(17)20(23)24-27-21(22)26/h3-11,14,17,19H,12H2,1-2H3,(H2,23,24). The molecular formula is C22H22N2O3. The van der Waals surface area contributed by atoms with Gasteiger partial charge in [-0.25, -0.2) is 4.79 Å². The Balaban J connectivity index is 1.96. The number of ketones is 1. The summed E-state index contributed by atoms with van der Waals surface area (Å²) in [5.74, 6) is -1.40. The Morgan fingerprint density at radius 1 is 1.04 bits per heavy atom. The van der Waals surface area contributed by atoms with Crippen molar-refractivity contribution in [2.45, 2.75) is 32.1 Å². The number of nitrogens with zero attached hydrogens (tertiary/aromatic N) is 1. The molecule has 2 aliphatic rings. The molecule has 27 heavy (non-hydrogen) atoms. The lowest BCUT2D eigenvalue weighted by atomic mass is 9.52. The van der Waals surface area contributed by atoms with Gasteiger partial charge in [0, 0.05) is 24.2 Å². The van der Waals surface area contributed by atoms with Crippen molar-refractivity contribution < 1.29 is 14.4 Å². The largest absolute Gasteiger partial charge is 0.383 e. The molecule has 4 unspecified atom stereocenters. The highest BCUT2D eigenvalue weighted by molar-refractivity contribution is 6.11. The van der Waals surface area contributed by atoms with Crippen LogP contribution in [0.2, 0.25) is 0 Å². The fourth-order valence-corrected chi connectivity index (χ4v) is 4.69. The molecule has 2 aromatic rings. The molecule has 1 aliphatic heterocycles. The Kier molecular flexibility index (Phi) is 4.10. The van der Waals surface area contributed by atoms with Crippen LogP contribution in [0.4, 0.5) is 0 Å². The van der Waals surface area contributed by atoms with Crippen molar-refractivity contribution in [3.8, 4) is 0 Å². The van der Waals surface area contributed by atoms with Crippen LogP contribution >= 0.6 is 0 Å². The summed E-state index contributed by atoms with van der Waals surface area (Å²) in [4.78, 5) is 31.2. The maximum Gasteiger partial charge on any atom is 0.350 e. The lowest BCUT2D eigenvalue weighted by Gasteiger charge is -2.46. The molecule has 0 bridgehead atoms. The third-order valence-corrected chi connectivity index (χ3v) is 6.08. The first-order valence-electron chi connectivity index (χ1n) is 9.16. The van der Waals surface area contributed by atoms with Crippen LogP contribution in [0.25, 0.3) is 0 Å². The van der Waals surface area contributed by atoms with Gasteiger partial charge in [0.1, 0.15) is 11.2 Å². The Hall–Kier alpha value is -2.95. The molecule has 1 saturated carbocycles. The molecule has 5 heteroatoms. The monoisotopic (exact) mass is 362 g/mol.